The van der Waals surface area contributed by atoms with Gasteiger partial charge in [0.15, 0.2) is 0 Å². The van der Waals surface area contributed by atoms with Crippen LogP contribution in [0, 0.1) is 0 Å². The first-order valence-electron chi connectivity index (χ1n) is 6.44. The van der Waals surface area contributed by atoms with Gasteiger partial charge in [-0.15, -0.1) is 0 Å². The molecule has 0 aromatic rings. The second-order valence-electron chi connectivity index (χ2n) is 5.76. The lowest BCUT2D eigenvalue weighted by atomic mass is 10.1. The Labute approximate surface area is 106 Å². The molecule has 0 aromatic heterocycles. The predicted molar refractivity (Wildman–Crippen MR) is 63.7 cm³/mol. The molecule has 0 radical (unpaired) electrons. The molecule has 3 rings (SSSR count). The van der Waals surface area contributed by atoms with Crippen molar-refractivity contribution in [2.45, 2.75) is 37.1 Å². The molecule has 3 heterocycles. The molecule has 0 aromatic carbocycles. The summed E-state index contributed by atoms with van der Waals surface area (Å²) in [6, 6.07) is -0.482. The van der Waals surface area contributed by atoms with Crippen molar-refractivity contribution in [1.29, 1.82) is 0 Å². The van der Waals surface area contributed by atoms with E-state index in [1.165, 1.54) is 0 Å². The maximum absolute atomic E-state index is 12.4. The Balaban J connectivity index is 1.86. The minimum Gasteiger partial charge on any atom is -0.391 e. The average molecular weight is 253 g/mol. The summed E-state index contributed by atoms with van der Waals surface area (Å²) >= 11 is 0. The van der Waals surface area contributed by atoms with E-state index < -0.39 is 12.1 Å². The molecule has 0 spiro atoms. The predicted octanol–water partition coefficient (Wildman–Crippen LogP) is -1.51. The van der Waals surface area contributed by atoms with Crippen LogP contribution in [0.2, 0.25) is 0 Å². The molecule has 3 fully saturated rings. The molecule has 2 amide bonds. The van der Waals surface area contributed by atoms with Crippen LogP contribution in [0.3, 0.4) is 0 Å². The Kier molecular flexibility index (Phi) is 2.60. The number of hydrogen-bond acceptors (Lipinski definition) is 4. The van der Waals surface area contributed by atoms with Crippen LogP contribution in [0.15, 0.2) is 0 Å². The summed E-state index contributed by atoms with van der Waals surface area (Å²) in [5, 5.41) is 9.63. The van der Waals surface area contributed by atoms with Crippen molar-refractivity contribution < 1.29 is 14.7 Å². The second kappa shape index (κ2) is 3.93. The zero-order valence-electron chi connectivity index (χ0n) is 10.7. The Morgan fingerprint density at radius 2 is 1.61 bits per heavy atom. The average Bonchev–Trinajstić information content (AvgIpc) is 2.89. The van der Waals surface area contributed by atoms with E-state index in [2.05, 4.69) is 4.90 Å². The molecule has 0 saturated carbocycles. The topological polar surface area (TPSA) is 64.1 Å². The van der Waals surface area contributed by atoms with E-state index in [9.17, 15) is 14.7 Å². The number of carbonyl (C=O) groups excluding carboxylic acids is 2. The molecule has 6 nitrogen and oxygen atoms in total. The van der Waals surface area contributed by atoms with Gasteiger partial charge in [-0.25, -0.2) is 0 Å². The summed E-state index contributed by atoms with van der Waals surface area (Å²) in [4.78, 5) is 30.1. The lowest BCUT2D eigenvalue weighted by Gasteiger charge is -2.38. The monoisotopic (exact) mass is 253 g/mol. The first kappa shape index (κ1) is 11.9. The minimum atomic E-state index is -0.549. The van der Waals surface area contributed by atoms with Crippen LogP contribution >= 0.6 is 0 Å². The van der Waals surface area contributed by atoms with E-state index in [0.717, 1.165) is 0 Å². The fourth-order valence-corrected chi connectivity index (χ4v) is 3.34. The third kappa shape index (κ3) is 1.55. The summed E-state index contributed by atoms with van der Waals surface area (Å²) in [6.45, 7) is 0.939. The van der Waals surface area contributed by atoms with Crippen molar-refractivity contribution in [3.8, 4) is 0 Å². The van der Waals surface area contributed by atoms with Gasteiger partial charge in [0.25, 0.3) is 0 Å². The highest BCUT2D eigenvalue weighted by Crippen LogP contribution is 2.33. The molecule has 1 N–H and O–H groups in total. The van der Waals surface area contributed by atoms with Gasteiger partial charge in [0, 0.05) is 25.6 Å². The van der Waals surface area contributed by atoms with Crippen LogP contribution in [-0.4, -0.2) is 83.0 Å². The maximum atomic E-state index is 12.4. The zero-order valence-corrected chi connectivity index (χ0v) is 10.7. The number of aliphatic hydroxyl groups is 1. The van der Waals surface area contributed by atoms with Crippen molar-refractivity contribution in [3.05, 3.63) is 0 Å². The molecule has 3 saturated heterocycles. The fourth-order valence-electron chi connectivity index (χ4n) is 3.34. The Morgan fingerprint density at radius 3 is 2.22 bits per heavy atom. The van der Waals surface area contributed by atoms with E-state index in [1.54, 1.807) is 9.80 Å². The van der Waals surface area contributed by atoms with Crippen LogP contribution in [0.4, 0.5) is 0 Å². The molecule has 100 valence electrons. The normalized spacial score (nSPS) is 39.6. The van der Waals surface area contributed by atoms with Crippen LogP contribution in [0.1, 0.15) is 12.8 Å². The molecule has 0 aliphatic carbocycles. The highest BCUT2D eigenvalue weighted by atomic mass is 16.3. The lowest BCUT2D eigenvalue weighted by molar-refractivity contribution is -0.157. The summed E-state index contributed by atoms with van der Waals surface area (Å²) in [7, 11) is 3.95. The SMILES string of the molecule is CN(C)[C@@H]1C[C@H]2C(=O)N3C[C@H](O)C[C@@H]3C(=O)N2C1. The number of fused-ring (bicyclic) bond motifs is 2. The molecule has 0 bridgehead atoms. The van der Waals surface area contributed by atoms with Crippen molar-refractivity contribution in [2.75, 3.05) is 27.2 Å². The summed E-state index contributed by atoms with van der Waals surface area (Å²) in [6.07, 6.45) is 0.546. The van der Waals surface area contributed by atoms with Gasteiger partial charge in [-0.2, -0.15) is 0 Å². The fraction of sp³-hybridized carbons (Fsp3) is 0.833. The number of rotatable bonds is 1. The highest BCUT2D eigenvalue weighted by molar-refractivity contribution is 5.98. The molecule has 18 heavy (non-hydrogen) atoms. The second-order valence-corrected chi connectivity index (χ2v) is 5.76. The maximum Gasteiger partial charge on any atom is 0.246 e. The van der Waals surface area contributed by atoms with Crippen LogP contribution in [0.5, 0.6) is 0 Å². The number of carbonyl (C=O) groups is 2. The largest absolute Gasteiger partial charge is 0.391 e. The summed E-state index contributed by atoms with van der Waals surface area (Å²) < 4.78 is 0. The molecule has 6 heteroatoms. The van der Waals surface area contributed by atoms with Gasteiger partial charge in [-0.3, -0.25) is 9.59 Å². The molecule has 3 aliphatic rings. The van der Waals surface area contributed by atoms with Gasteiger partial charge in [0.05, 0.1) is 6.10 Å². The quantitative estimate of drug-likeness (QED) is 0.617. The first-order chi connectivity index (χ1) is 8.49. The molecular weight excluding hydrogens is 234 g/mol. The van der Waals surface area contributed by atoms with Crippen LogP contribution in [-0.2, 0) is 9.59 Å². The molecular formula is C12H19N3O3. The van der Waals surface area contributed by atoms with E-state index in [0.29, 0.717) is 25.9 Å². The van der Waals surface area contributed by atoms with E-state index in [4.69, 9.17) is 0 Å². The van der Waals surface area contributed by atoms with E-state index in [1.807, 2.05) is 14.1 Å². The molecule has 4 atom stereocenters. The van der Waals surface area contributed by atoms with Gasteiger partial charge in [0.1, 0.15) is 12.1 Å². The first-order valence-corrected chi connectivity index (χ1v) is 6.44. The number of amides is 2. The van der Waals surface area contributed by atoms with Crippen molar-refractivity contribution in [3.63, 3.8) is 0 Å². The molecule has 0 unspecified atom stereocenters. The molecule has 3 aliphatic heterocycles. The number of nitrogens with zero attached hydrogens (tertiary/aromatic N) is 3. The van der Waals surface area contributed by atoms with Crippen LogP contribution in [0.25, 0.3) is 0 Å². The third-order valence-electron chi connectivity index (χ3n) is 4.42. The summed E-state index contributed by atoms with van der Waals surface area (Å²) in [5.41, 5.74) is 0. The van der Waals surface area contributed by atoms with Crippen molar-refractivity contribution in [2.24, 2.45) is 0 Å². The Morgan fingerprint density at radius 1 is 1.06 bits per heavy atom. The standard InChI is InChI=1S/C12H19N3O3/c1-13(2)7-3-9-11(17)15-6-8(16)4-10(15)12(18)14(9)5-7/h7-10,16H,3-6H2,1-2H3/t7-,8-,9+,10-/m1/s1. The minimum absolute atomic E-state index is 0.0144. The zero-order chi connectivity index (χ0) is 13.0. The van der Waals surface area contributed by atoms with E-state index >= 15 is 0 Å². The van der Waals surface area contributed by atoms with Gasteiger partial charge < -0.3 is 19.8 Å². The number of likely N-dealkylation sites (N-methyl/N-ethyl adjacent to an activating group) is 1. The number of piperazine rings is 1. The Bertz CT molecular complexity index is 366. The third-order valence-corrected chi connectivity index (χ3v) is 4.42. The lowest BCUT2D eigenvalue weighted by Crippen LogP contribution is -2.60. The Hall–Kier alpha value is -1.14. The van der Waals surface area contributed by atoms with Gasteiger partial charge in [0.2, 0.25) is 11.8 Å². The number of aliphatic hydroxyl groups excluding tert-OH is 1. The number of hydrogen-bond donors (Lipinski definition) is 1. The van der Waals surface area contributed by atoms with E-state index in [-0.39, 0.29) is 23.9 Å². The van der Waals surface area contributed by atoms with Crippen molar-refractivity contribution >= 4 is 11.8 Å². The van der Waals surface area contributed by atoms with Crippen molar-refractivity contribution in [1.82, 2.24) is 14.7 Å². The van der Waals surface area contributed by atoms with Crippen LogP contribution < -0.4 is 0 Å². The van der Waals surface area contributed by atoms with Gasteiger partial charge >= 0.3 is 0 Å². The summed E-state index contributed by atoms with van der Waals surface area (Å²) in [5.74, 6) is 0.0287. The van der Waals surface area contributed by atoms with Gasteiger partial charge in [-0.05, 0) is 20.5 Å². The highest BCUT2D eigenvalue weighted by Gasteiger charge is 2.53. The van der Waals surface area contributed by atoms with Gasteiger partial charge in [-0.1, -0.05) is 0 Å². The smallest absolute Gasteiger partial charge is 0.246 e.